The SMILES string of the molecule is Cc1cc(C(=O)Nc2ccc3[nH]ccc3c2)cn1C. The van der Waals surface area contributed by atoms with Crippen molar-refractivity contribution in [1.82, 2.24) is 9.55 Å². The Labute approximate surface area is 111 Å². The summed E-state index contributed by atoms with van der Waals surface area (Å²) in [7, 11) is 1.93. The first kappa shape index (κ1) is 11.6. The lowest BCUT2D eigenvalue weighted by atomic mass is 10.2. The van der Waals surface area contributed by atoms with Gasteiger partial charge in [0.25, 0.3) is 5.91 Å². The first-order chi connectivity index (χ1) is 9.13. The number of fused-ring (bicyclic) bond motifs is 1. The highest BCUT2D eigenvalue weighted by molar-refractivity contribution is 6.05. The molecule has 4 nitrogen and oxygen atoms in total. The molecule has 0 unspecified atom stereocenters. The number of carbonyl (C=O) groups excluding carboxylic acids is 1. The van der Waals surface area contributed by atoms with Crippen molar-refractivity contribution in [2.75, 3.05) is 5.32 Å². The number of H-pyrrole nitrogens is 1. The molecule has 3 aromatic rings. The van der Waals surface area contributed by atoms with Crippen LogP contribution in [0.4, 0.5) is 5.69 Å². The van der Waals surface area contributed by atoms with Gasteiger partial charge in [-0.05, 0) is 37.3 Å². The molecule has 2 heterocycles. The van der Waals surface area contributed by atoms with Crippen LogP contribution in [0.15, 0.2) is 42.7 Å². The molecule has 19 heavy (non-hydrogen) atoms. The van der Waals surface area contributed by atoms with Gasteiger partial charge in [0.1, 0.15) is 0 Å². The molecule has 0 spiro atoms. The van der Waals surface area contributed by atoms with Crippen molar-refractivity contribution in [3.63, 3.8) is 0 Å². The molecule has 0 saturated heterocycles. The predicted octanol–water partition coefficient (Wildman–Crippen LogP) is 3.07. The molecule has 0 saturated carbocycles. The Bertz CT molecular complexity index is 732. The van der Waals surface area contributed by atoms with Crippen LogP contribution in [0, 0.1) is 6.92 Å². The van der Waals surface area contributed by atoms with Crippen LogP contribution in [-0.4, -0.2) is 15.5 Å². The number of nitrogens with zero attached hydrogens (tertiary/aromatic N) is 1. The smallest absolute Gasteiger partial charge is 0.257 e. The summed E-state index contributed by atoms with van der Waals surface area (Å²) < 4.78 is 1.93. The second kappa shape index (κ2) is 4.31. The molecule has 0 radical (unpaired) electrons. The van der Waals surface area contributed by atoms with Crippen LogP contribution in [0.3, 0.4) is 0 Å². The average molecular weight is 253 g/mol. The Hall–Kier alpha value is -2.49. The van der Waals surface area contributed by atoms with Gasteiger partial charge in [0, 0.05) is 41.7 Å². The molecule has 4 heteroatoms. The van der Waals surface area contributed by atoms with E-state index in [-0.39, 0.29) is 5.91 Å². The Morgan fingerprint density at radius 1 is 1.26 bits per heavy atom. The first-order valence-corrected chi connectivity index (χ1v) is 6.15. The molecule has 1 aromatic carbocycles. The molecule has 0 atom stereocenters. The zero-order chi connectivity index (χ0) is 13.4. The van der Waals surface area contributed by atoms with E-state index >= 15 is 0 Å². The van der Waals surface area contributed by atoms with E-state index < -0.39 is 0 Å². The van der Waals surface area contributed by atoms with Crippen LogP contribution in [0.2, 0.25) is 0 Å². The summed E-state index contributed by atoms with van der Waals surface area (Å²) >= 11 is 0. The second-order valence-corrected chi connectivity index (χ2v) is 4.71. The van der Waals surface area contributed by atoms with Crippen molar-refractivity contribution in [2.24, 2.45) is 7.05 Å². The highest BCUT2D eigenvalue weighted by atomic mass is 16.1. The predicted molar refractivity (Wildman–Crippen MR) is 76.4 cm³/mol. The fraction of sp³-hybridized carbons (Fsp3) is 0.133. The largest absolute Gasteiger partial charge is 0.361 e. The van der Waals surface area contributed by atoms with Gasteiger partial charge < -0.3 is 14.9 Å². The van der Waals surface area contributed by atoms with Crippen molar-refractivity contribution in [3.05, 3.63) is 54.0 Å². The molecule has 0 aliphatic heterocycles. The summed E-state index contributed by atoms with van der Waals surface area (Å²) in [4.78, 5) is 15.2. The number of rotatable bonds is 2. The summed E-state index contributed by atoms with van der Waals surface area (Å²) in [6.45, 7) is 1.97. The summed E-state index contributed by atoms with van der Waals surface area (Å²) in [5.74, 6) is -0.0846. The maximum Gasteiger partial charge on any atom is 0.257 e. The van der Waals surface area contributed by atoms with Gasteiger partial charge in [-0.15, -0.1) is 0 Å². The minimum Gasteiger partial charge on any atom is -0.361 e. The topological polar surface area (TPSA) is 49.8 Å². The summed E-state index contributed by atoms with van der Waals surface area (Å²) in [5.41, 5.74) is 3.60. The molecule has 1 amide bonds. The van der Waals surface area contributed by atoms with E-state index in [1.165, 1.54) is 0 Å². The number of hydrogen-bond donors (Lipinski definition) is 2. The highest BCUT2D eigenvalue weighted by Crippen LogP contribution is 2.18. The quantitative estimate of drug-likeness (QED) is 0.724. The highest BCUT2D eigenvalue weighted by Gasteiger charge is 2.09. The van der Waals surface area contributed by atoms with Crippen molar-refractivity contribution in [2.45, 2.75) is 6.92 Å². The van der Waals surface area contributed by atoms with E-state index in [1.54, 1.807) is 0 Å². The third kappa shape index (κ3) is 2.12. The Kier molecular flexibility index (Phi) is 2.63. The molecule has 2 N–H and O–H groups in total. The maximum absolute atomic E-state index is 12.1. The fourth-order valence-corrected chi connectivity index (χ4v) is 2.13. The molecule has 3 rings (SSSR count). The maximum atomic E-state index is 12.1. The monoisotopic (exact) mass is 253 g/mol. The van der Waals surface area contributed by atoms with Crippen LogP contribution < -0.4 is 5.32 Å². The van der Waals surface area contributed by atoms with Gasteiger partial charge in [0.15, 0.2) is 0 Å². The third-order valence-electron chi connectivity index (χ3n) is 3.33. The van der Waals surface area contributed by atoms with Crippen LogP contribution in [0.25, 0.3) is 10.9 Å². The van der Waals surface area contributed by atoms with E-state index in [0.29, 0.717) is 5.56 Å². The van der Waals surface area contributed by atoms with Crippen LogP contribution in [-0.2, 0) is 7.05 Å². The van der Waals surface area contributed by atoms with Gasteiger partial charge in [-0.2, -0.15) is 0 Å². The van der Waals surface area contributed by atoms with E-state index in [9.17, 15) is 4.79 Å². The standard InChI is InChI=1S/C15H15N3O/c1-10-7-12(9-18(10)2)15(19)17-13-3-4-14-11(8-13)5-6-16-14/h3-9,16H,1-2H3,(H,17,19). The van der Waals surface area contributed by atoms with Gasteiger partial charge in [-0.3, -0.25) is 4.79 Å². The Morgan fingerprint density at radius 3 is 2.84 bits per heavy atom. The molecule has 0 aliphatic carbocycles. The van der Waals surface area contributed by atoms with Gasteiger partial charge in [0.2, 0.25) is 0 Å². The average Bonchev–Trinajstić information content (AvgIpc) is 2.96. The summed E-state index contributed by atoms with van der Waals surface area (Å²) in [6.07, 6.45) is 3.72. The third-order valence-corrected chi connectivity index (χ3v) is 3.33. The molecular formula is C15H15N3O. The normalized spacial score (nSPS) is 10.8. The number of benzene rings is 1. The summed E-state index contributed by atoms with van der Waals surface area (Å²) in [6, 6.07) is 9.68. The minimum atomic E-state index is -0.0846. The Balaban J connectivity index is 1.85. The van der Waals surface area contributed by atoms with Crippen LogP contribution in [0.5, 0.6) is 0 Å². The number of nitrogens with one attached hydrogen (secondary N) is 2. The van der Waals surface area contributed by atoms with Crippen LogP contribution >= 0.6 is 0 Å². The van der Waals surface area contributed by atoms with Gasteiger partial charge >= 0.3 is 0 Å². The van der Waals surface area contributed by atoms with Crippen molar-refractivity contribution in [3.8, 4) is 0 Å². The minimum absolute atomic E-state index is 0.0846. The number of aryl methyl sites for hydroxylation is 2. The fourth-order valence-electron chi connectivity index (χ4n) is 2.13. The van der Waals surface area contributed by atoms with E-state index in [0.717, 1.165) is 22.3 Å². The molecule has 0 aliphatic rings. The van der Waals surface area contributed by atoms with Crippen molar-refractivity contribution >= 4 is 22.5 Å². The number of aromatic nitrogens is 2. The molecule has 0 bridgehead atoms. The zero-order valence-corrected chi connectivity index (χ0v) is 10.9. The number of aromatic amines is 1. The lowest BCUT2D eigenvalue weighted by molar-refractivity contribution is 0.102. The Morgan fingerprint density at radius 2 is 2.11 bits per heavy atom. The van der Waals surface area contributed by atoms with Crippen molar-refractivity contribution in [1.29, 1.82) is 0 Å². The van der Waals surface area contributed by atoms with E-state index in [4.69, 9.17) is 0 Å². The molecule has 96 valence electrons. The first-order valence-electron chi connectivity index (χ1n) is 6.15. The van der Waals surface area contributed by atoms with Gasteiger partial charge in [-0.25, -0.2) is 0 Å². The molecule has 0 fully saturated rings. The zero-order valence-electron chi connectivity index (χ0n) is 10.9. The van der Waals surface area contributed by atoms with Crippen LogP contribution in [0.1, 0.15) is 16.1 Å². The number of carbonyl (C=O) groups is 1. The lowest BCUT2D eigenvalue weighted by Gasteiger charge is -2.03. The molecular weight excluding hydrogens is 238 g/mol. The van der Waals surface area contributed by atoms with Gasteiger partial charge in [0.05, 0.1) is 5.56 Å². The second-order valence-electron chi connectivity index (χ2n) is 4.71. The van der Waals surface area contributed by atoms with E-state index in [1.807, 2.05) is 61.3 Å². The summed E-state index contributed by atoms with van der Waals surface area (Å²) in [5, 5.41) is 4.00. The molecule has 2 aromatic heterocycles. The lowest BCUT2D eigenvalue weighted by Crippen LogP contribution is -2.10. The van der Waals surface area contributed by atoms with Gasteiger partial charge in [-0.1, -0.05) is 0 Å². The number of hydrogen-bond acceptors (Lipinski definition) is 1. The number of amides is 1. The van der Waals surface area contributed by atoms with Crippen molar-refractivity contribution < 1.29 is 4.79 Å². The van der Waals surface area contributed by atoms with E-state index in [2.05, 4.69) is 10.3 Å². The number of anilines is 1.